The average molecular weight is 358 g/mol. The Labute approximate surface area is 145 Å². The first kappa shape index (κ1) is 16.8. The summed E-state index contributed by atoms with van der Waals surface area (Å²) in [7, 11) is 0. The molecule has 4 nitrogen and oxygen atoms in total. The van der Waals surface area contributed by atoms with Crippen LogP contribution in [0.3, 0.4) is 0 Å². The fourth-order valence-electron chi connectivity index (χ4n) is 2.22. The van der Waals surface area contributed by atoms with E-state index in [0.717, 1.165) is 28.6 Å². The standard InChI is InChI=1S/C18H12F2N2O2S/c19-13-7-6-11(8-14(13)20)17(24)22-18-12(16(21)23)9-15(25-18)10-4-2-1-3-5-10/h1-9H,(H2,21,23)(H,22,24). The van der Waals surface area contributed by atoms with Crippen molar-refractivity contribution in [2.45, 2.75) is 0 Å². The van der Waals surface area contributed by atoms with E-state index in [2.05, 4.69) is 5.32 Å². The molecule has 2 aromatic carbocycles. The maximum Gasteiger partial charge on any atom is 0.256 e. The van der Waals surface area contributed by atoms with Crippen LogP contribution < -0.4 is 11.1 Å². The Morgan fingerprint density at radius 2 is 1.68 bits per heavy atom. The lowest BCUT2D eigenvalue weighted by Gasteiger charge is -2.05. The molecule has 0 bridgehead atoms. The topological polar surface area (TPSA) is 72.2 Å². The largest absolute Gasteiger partial charge is 0.366 e. The molecule has 0 spiro atoms. The van der Waals surface area contributed by atoms with Gasteiger partial charge in [0.2, 0.25) is 0 Å². The van der Waals surface area contributed by atoms with E-state index < -0.39 is 23.4 Å². The number of amides is 2. The summed E-state index contributed by atoms with van der Waals surface area (Å²) >= 11 is 1.17. The van der Waals surface area contributed by atoms with Crippen LogP contribution in [0.25, 0.3) is 10.4 Å². The summed E-state index contributed by atoms with van der Waals surface area (Å²) in [4.78, 5) is 24.6. The van der Waals surface area contributed by atoms with E-state index in [1.54, 1.807) is 6.07 Å². The summed E-state index contributed by atoms with van der Waals surface area (Å²) in [5.74, 6) is -3.53. The van der Waals surface area contributed by atoms with Crippen molar-refractivity contribution in [3.05, 3.63) is 77.4 Å². The molecule has 0 atom stereocenters. The lowest BCUT2D eigenvalue weighted by atomic mass is 10.1. The van der Waals surface area contributed by atoms with E-state index in [0.29, 0.717) is 0 Å². The van der Waals surface area contributed by atoms with Gasteiger partial charge in [0, 0.05) is 10.4 Å². The Morgan fingerprint density at radius 1 is 0.960 bits per heavy atom. The molecule has 0 saturated heterocycles. The van der Waals surface area contributed by atoms with Gasteiger partial charge in [0.05, 0.1) is 5.56 Å². The Bertz CT molecular complexity index is 955. The second-order valence-electron chi connectivity index (χ2n) is 5.17. The maximum atomic E-state index is 13.3. The van der Waals surface area contributed by atoms with Crippen LogP contribution >= 0.6 is 11.3 Å². The summed E-state index contributed by atoms with van der Waals surface area (Å²) in [6.07, 6.45) is 0. The molecule has 126 valence electrons. The fraction of sp³-hybridized carbons (Fsp3) is 0. The molecule has 3 aromatic rings. The minimum atomic E-state index is -1.13. The van der Waals surface area contributed by atoms with Gasteiger partial charge in [-0.2, -0.15) is 0 Å². The van der Waals surface area contributed by atoms with Crippen molar-refractivity contribution in [1.82, 2.24) is 0 Å². The minimum absolute atomic E-state index is 0.0658. The van der Waals surface area contributed by atoms with Crippen molar-refractivity contribution in [3.8, 4) is 10.4 Å². The number of hydrogen-bond acceptors (Lipinski definition) is 3. The van der Waals surface area contributed by atoms with Crippen molar-refractivity contribution >= 4 is 28.2 Å². The van der Waals surface area contributed by atoms with E-state index in [9.17, 15) is 18.4 Å². The number of primary amides is 1. The first-order valence-corrected chi connectivity index (χ1v) is 8.03. The Kier molecular flexibility index (Phi) is 4.58. The minimum Gasteiger partial charge on any atom is -0.366 e. The molecular weight excluding hydrogens is 346 g/mol. The highest BCUT2D eigenvalue weighted by atomic mass is 32.1. The average Bonchev–Trinajstić information content (AvgIpc) is 3.02. The predicted octanol–water partition coefficient (Wildman–Crippen LogP) is 4.04. The molecule has 0 fully saturated rings. The normalized spacial score (nSPS) is 10.5. The van der Waals surface area contributed by atoms with Gasteiger partial charge in [0.1, 0.15) is 5.00 Å². The molecule has 0 aliphatic heterocycles. The van der Waals surface area contributed by atoms with E-state index in [4.69, 9.17) is 5.73 Å². The second kappa shape index (κ2) is 6.82. The van der Waals surface area contributed by atoms with Gasteiger partial charge in [-0.3, -0.25) is 9.59 Å². The zero-order chi connectivity index (χ0) is 18.0. The number of carbonyl (C=O) groups is 2. The van der Waals surface area contributed by atoms with Crippen LogP contribution in [-0.2, 0) is 0 Å². The summed E-state index contributed by atoms with van der Waals surface area (Å²) in [6, 6.07) is 13.7. The molecule has 0 unspecified atom stereocenters. The highest BCUT2D eigenvalue weighted by Crippen LogP contribution is 2.35. The van der Waals surface area contributed by atoms with Crippen molar-refractivity contribution in [2.24, 2.45) is 5.73 Å². The zero-order valence-electron chi connectivity index (χ0n) is 12.8. The van der Waals surface area contributed by atoms with Gasteiger partial charge in [-0.1, -0.05) is 30.3 Å². The molecule has 1 heterocycles. The molecule has 2 amide bonds. The quantitative estimate of drug-likeness (QED) is 0.739. The molecule has 3 rings (SSSR count). The number of rotatable bonds is 4. The predicted molar refractivity (Wildman–Crippen MR) is 92.6 cm³/mol. The van der Waals surface area contributed by atoms with E-state index in [1.165, 1.54) is 11.3 Å². The van der Waals surface area contributed by atoms with Crippen LogP contribution in [0.5, 0.6) is 0 Å². The molecule has 0 saturated carbocycles. The van der Waals surface area contributed by atoms with Crippen LogP contribution in [0.1, 0.15) is 20.7 Å². The van der Waals surface area contributed by atoms with E-state index >= 15 is 0 Å². The van der Waals surface area contributed by atoms with Gasteiger partial charge in [-0.05, 0) is 29.8 Å². The number of carbonyl (C=O) groups excluding carboxylic acids is 2. The third-order valence-electron chi connectivity index (χ3n) is 3.46. The first-order chi connectivity index (χ1) is 12.0. The Hall–Kier alpha value is -3.06. The van der Waals surface area contributed by atoms with Crippen LogP contribution in [0.15, 0.2) is 54.6 Å². The van der Waals surface area contributed by atoms with E-state index in [1.807, 2.05) is 30.3 Å². The first-order valence-electron chi connectivity index (χ1n) is 7.21. The Balaban J connectivity index is 1.93. The zero-order valence-corrected chi connectivity index (χ0v) is 13.6. The molecule has 0 radical (unpaired) electrons. The molecule has 0 aliphatic carbocycles. The van der Waals surface area contributed by atoms with Crippen LogP contribution in [0.4, 0.5) is 13.8 Å². The van der Waals surface area contributed by atoms with Crippen LogP contribution in [0.2, 0.25) is 0 Å². The van der Waals surface area contributed by atoms with E-state index in [-0.39, 0.29) is 16.1 Å². The highest BCUT2D eigenvalue weighted by molar-refractivity contribution is 7.20. The van der Waals surface area contributed by atoms with Crippen LogP contribution in [-0.4, -0.2) is 11.8 Å². The maximum absolute atomic E-state index is 13.3. The lowest BCUT2D eigenvalue weighted by Crippen LogP contribution is -2.16. The monoisotopic (exact) mass is 358 g/mol. The third kappa shape index (κ3) is 3.56. The van der Waals surface area contributed by atoms with Gasteiger partial charge >= 0.3 is 0 Å². The molecule has 3 N–H and O–H groups in total. The Morgan fingerprint density at radius 3 is 2.32 bits per heavy atom. The number of halogens is 2. The summed E-state index contributed by atoms with van der Waals surface area (Å²) in [6.45, 7) is 0. The van der Waals surface area contributed by atoms with Gasteiger partial charge in [0.15, 0.2) is 11.6 Å². The van der Waals surface area contributed by atoms with Crippen LogP contribution in [0, 0.1) is 11.6 Å². The molecule has 7 heteroatoms. The van der Waals surface area contributed by atoms with Gasteiger partial charge in [0.25, 0.3) is 11.8 Å². The third-order valence-corrected chi connectivity index (χ3v) is 4.56. The highest BCUT2D eigenvalue weighted by Gasteiger charge is 2.18. The summed E-state index contributed by atoms with van der Waals surface area (Å²) in [5, 5.41) is 2.79. The van der Waals surface area contributed by atoms with Crippen molar-refractivity contribution < 1.29 is 18.4 Å². The van der Waals surface area contributed by atoms with Crippen molar-refractivity contribution in [1.29, 1.82) is 0 Å². The fourth-order valence-corrected chi connectivity index (χ4v) is 3.29. The molecule has 0 aliphatic rings. The number of nitrogens with two attached hydrogens (primary N) is 1. The SMILES string of the molecule is NC(=O)c1cc(-c2ccccc2)sc1NC(=O)c1ccc(F)c(F)c1. The van der Waals surface area contributed by atoms with Gasteiger partial charge < -0.3 is 11.1 Å². The molecular formula is C18H12F2N2O2S. The molecule has 1 aromatic heterocycles. The lowest BCUT2D eigenvalue weighted by molar-refractivity contribution is 0.100. The summed E-state index contributed by atoms with van der Waals surface area (Å²) < 4.78 is 26.3. The number of benzene rings is 2. The summed E-state index contributed by atoms with van der Waals surface area (Å²) in [5.41, 5.74) is 6.32. The smallest absolute Gasteiger partial charge is 0.256 e. The number of thiophene rings is 1. The van der Waals surface area contributed by atoms with Gasteiger partial charge in [-0.15, -0.1) is 11.3 Å². The number of anilines is 1. The van der Waals surface area contributed by atoms with Crippen molar-refractivity contribution in [3.63, 3.8) is 0 Å². The molecule has 25 heavy (non-hydrogen) atoms. The second-order valence-corrected chi connectivity index (χ2v) is 6.22. The van der Waals surface area contributed by atoms with Crippen molar-refractivity contribution in [2.75, 3.05) is 5.32 Å². The number of nitrogens with one attached hydrogen (secondary N) is 1. The van der Waals surface area contributed by atoms with Gasteiger partial charge in [-0.25, -0.2) is 8.78 Å². The number of hydrogen-bond donors (Lipinski definition) is 2.